The van der Waals surface area contributed by atoms with Crippen LogP contribution in [-0.2, 0) is 9.59 Å². The van der Waals surface area contributed by atoms with Gasteiger partial charge in [0.05, 0.1) is 0 Å². The summed E-state index contributed by atoms with van der Waals surface area (Å²) in [6.45, 7) is 0. The van der Waals surface area contributed by atoms with Gasteiger partial charge in [-0.05, 0) is 0 Å². The Morgan fingerprint density at radius 3 is 2.00 bits per heavy atom. The van der Waals surface area contributed by atoms with Crippen molar-refractivity contribution in [3.05, 3.63) is 12.4 Å². The van der Waals surface area contributed by atoms with E-state index in [4.69, 9.17) is 0 Å². The molecule has 0 fully saturated rings. The van der Waals surface area contributed by atoms with Crippen molar-refractivity contribution in [3.8, 4) is 0 Å². The van der Waals surface area contributed by atoms with Crippen LogP contribution < -0.4 is 10.6 Å². The zero-order valence-electron chi connectivity index (χ0n) is 6.02. The smallest absolute Gasteiger partial charge is 0.212 e. The summed E-state index contributed by atoms with van der Waals surface area (Å²) in [5, 5.41) is 4.64. The molecule has 1 aromatic rings. The Bertz CT molecular complexity index is 263. The van der Waals surface area contributed by atoms with Gasteiger partial charge in [0.2, 0.25) is 12.8 Å². The van der Waals surface area contributed by atoms with Crippen LogP contribution in [-0.4, -0.2) is 22.8 Å². The maximum absolute atomic E-state index is 9.98. The van der Waals surface area contributed by atoms with E-state index in [0.29, 0.717) is 24.5 Å². The highest BCUT2D eigenvalue weighted by molar-refractivity contribution is 5.73. The van der Waals surface area contributed by atoms with E-state index in [9.17, 15) is 9.59 Å². The van der Waals surface area contributed by atoms with Crippen molar-refractivity contribution in [3.63, 3.8) is 0 Å². The second-order valence-electron chi connectivity index (χ2n) is 1.81. The number of aromatic nitrogens is 2. The minimum Gasteiger partial charge on any atom is -0.313 e. The number of rotatable bonds is 4. The number of anilines is 2. The van der Waals surface area contributed by atoms with Gasteiger partial charge in [-0.2, -0.15) is 0 Å². The molecule has 6 nitrogen and oxygen atoms in total. The van der Waals surface area contributed by atoms with Gasteiger partial charge in [-0.3, -0.25) is 9.59 Å². The van der Waals surface area contributed by atoms with E-state index in [-0.39, 0.29) is 0 Å². The van der Waals surface area contributed by atoms with Crippen LogP contribution >= 0.6 is 0 Å². The summed E-state index contributed by atoms with van der Waals surface area (Å²) < 4.78 is 0. The Morgan fingerprint density at radius 2 is 1.58 bits per heavy atom. The molecule has 1 heterocycles. The fraction of sp³-hybridized carbons (Fsp3) is 0. The summed E-state index contributed by atoms with van der Waals surface area (Å²) >= 11 is 0. The van der Waals surface area contributed by atoms with Gasteiger partial charge < -0.3 is 10.6 Å². The van der Waals surface area contributed by atoms with Gasteiger partial charge in [-0.25, -0.2) is 9.97 Å². The fourth-order valence-electron chi connectivity index (χ4n) is 0.636. The summed E-state index contributed by atoms with van der Waals surface area (Å²) in [5.74, 6) is 0.675. The average Bonchev–Trinajstić information content (AvgIpc) is 2.06. The molecule has 62 valence electrons. The predicted octanol–water partition coefficient (Wildman–Crippen LogP) is -0.387. The highest BCUT2D eigenvalue weighted by atomic mass is 16.1. The van der Waals surface area contributed by atoms with Crippen LogP contribution in [0.4, 0.5) is 11.6 Å². The Kier molecular flexibility index (Phi) is 2.72. The molecule has 0 spiro atoms. The normalized spacial score (nSPS) is 8.67. The zero-order valence-corrected chi connectivity index (χ0v) is 6.02. The molecule has 0 aliphatic heterocycles. The summed E-state index contributed by atoms with van der Waals surface area (Å²) in [7, 11) is 0. The van der Waals surface area contributed by atoms with Gasteiger partial charge in [0.1, 0.15) is 18.0 Å². The quantitative estimate of drug-likeness (QED) is 0.597. The molecule has 0 atom stereocenters. The lowest BCUT2D eigenvalue weighted by Crippen LogP contribution is -2.01. The first-order valence-electron chi connectivity index (χ1n) is 3.09. The average molecular weight is 166 g/mol. The van der Waals surface area contributed by atoms with Gasteiger partial charge in [-0.15, -0.1) is 0 Å². The second kappa shape index (κ2) is 4.02. The van der Waals surface area contributed by atoms with Crippen LogP contribution in [0.15, 0.2) is 12.4 Å². The Balaban J connectivity index is 2.79. The van der Waals surface area contributed by atoms with Crippen LogP contribution in [0.3, 0.4) is 0 Å². The summed E-state index contributed by atoms with van der Waals surface area (Å²) in [4.78, 5) is 27.4. The first-order chi connectivity index (χ1) is 5.86. The molecule has 0 aliphatic rings. The van der Waals surface area contributed by atoms with Crippen LogP contribution in [0.5, 0.6) is 0 Å². The highest BCUT2D eigenvalue weighted by Crippen LogP contribution is 2.05. The maximum atomic E-state index is 9.98. The van der Waals surface area contributed by atoms with Crippen LogP contribution in [0.25, 0.3) is 0 Å². The molecule has 0 aliphatic carbocycles. The molecule has 12 heavy (non-hydrogen) atoms. The Morgan fingerprint density at radius 1 is 1.08 bits per heavy atom. The van der Waals surface area contributed by atoms with Gasteiger partial charge in [0.25, 0.3) is 0 Å². The lowest BCUT2D eigenvalue weighted by Gasteiger charge is -1.98. The van der Waals surface area contributed by atoms with Crippen molar-refractivity contribution >= 4 is 24.5 Å². The van der Waals surface area contributed by atoms with Crippen molar-refractivity contribution in [1.82, 2.24) is 9.97 Å². The third-order valence-corrected chi connectivity index (χ3v) is 1.08. The van der Waals surface area contributed by atoms with Crippen molar-refractivity contribution in [1.29, 1.82) is 0 Å². The van der Waals surface area contributed by atoms with Gasteiger partial charge in [0.15, 0.2) is 0 Å². The molecule has 0 aromatic carbocycles. The molecule has 6 heteroatoms. The van der Waals surface area contributed by atoms with E-state index in [2.05, 4.69) is 20.6 Å². The number of amides is 2. The maximum Gasteiger partial charge on any atom is 0.212 e. The first-order valence-corrected chi connectivity index (χ1v) is 3.09. The molecule has 1 aromatic heterocycles. The standard InChI is InChI=1S/C6H6N4O2/c11-3-9-5-1-6(10-4-12)8-2-7-5/h1-4H,(H2,7,8,9,10,11,12). The minimum atomic E-state index is 0.337. The third kappa shape index (κ3) is 2.01. The molecular formula is C6H6N4O2. The number of hydrogen-bond acceptors (Lipinski definition) is 4. The molecule has 0 unspecified atom stereocenters. The Hall–Kier alpha value is -1.98. The number of nitrogens with one attached hydrogen (secondary N) is 2. The lowest BCUT2D eigenvalue weighted by atomic mass is 10.5. The lowest BCUT2D eigenvalue weighted by molar-refractivity contribution is -0.106. The summed E-state index contributed by atoms with van der Waals surface area (Å²) in [5.41, 5.74) is 0. The monoisotopic (exact) mass is 166 g/mol. The molecular weight excluding hydrogens is 160 g/mol. The van der Waals surface area contributed by atoms with Gasteiger partial charge in [-0.1, -0.05) is 0 Å². The van der Waals surface area contributed by atoms with Crippen LogP contribution in [0.2, 0.25) is 0 Å². The van der Waals surface area contributed by atoms with E-state index >= 15 is 0 Å². The van der Waals surface area contributed by atoms with E-state index in [0.717, 1.165) is 0 Å². The van der Waals surface area contributed by atoms with E-state index < -0.39 is 0 Å². The molecule has 2 N–H and O–H groups in total. The fourth-order valence-corrected chi connectivity index (χ4v) is 0.636. The zero-order chi connectivity index (χ0) is 8.81. The topological polar surface area (TPSA) is 84.0 Å². The van der Waals surface area contributed by atoms with Crippen molar-refractivity contribution in [2.24, 2.45) is 0 Å². The number of nitrogens with zero attached hydrogens (tertiary/aromatic N) is 2. The molecule has 0 saturated carbocycles. The molecule has 0 saturated heterocycles. The van der Waals surface area contributed by atoms with Gasteiger partial charge in [0, 0.05) is 6.07 Å². The molecule has 2 amide bonds. The van der Waals surface area contributed by atoms with Gasteiger partial charge >= 0.3 is 0 Å². The minimum absolute atomic E-state index is 0.337. The molecule has 0 bridgehead atoms. The van der Waals surface area contributed by atoms with E-state index in [1.165, 1.54) is 12.4 Å². The predicted molar refractivity (Wildman–Crippen MR) is 41.4 cm³/mol. The SMILES string of the molecule is O=CNc1cc(NC=O)ncn1. The number of carbonyl (C=O) groups is 2. The largest absolute Gasteiger partial charge is 0.313 e. The van der Waals surface area contributed by atoms with Crippen LogP contribution in [0, 0.1) is 0 Å². The van der Waals surface area contributed by atoms with E-state index in [1.54, 1.807) is 0 Å². The highest BCUT2D eigenvalue weighted by Gasteiger charge is 1.94. The van der Waals surface area contributed by atoms with Crippen molar-refractivity contribution in [2.45, 2.75) is 0 Å². The number of hydrogen-bond donors (Lipinski definition) is 2. The third-order valence-electron chi connectivity index (χ3n) is 1.08. The van der Waals surface area contributed by atoms with Crippen LogP contribution in [0.1, 0.15) is 0 Å². The van der Waals surface area contributed by atoms with E-state index in [1.807, 2.05) is 0 Å². The summed E-state index contributed by atoms with van der Waals surface area (Å²) in [6.07, 6.45) is 2.22. The summed E-state index contributed by atoms with van der Waals surface area (Å²) in [6, 6.07) is 1.43. The Labute approximate surface area is 68.0 Å². The number of carbonyl (C=O) groups excluding carboxylic acids is 2. The van der Waals surface area contributed by atoms with Crippen molar-refractivity contribution in [2.75, 3.05) is 10.6 Å². The molecule has 0 radical (unpaired) electrons. The molecule has 1 rings (SSSR count). The van der Waals surface area contributed by atoms with Crippen molar-refractivity contribution < 1.29 is 9.59 Å². The second-order valence-corrected chi connectivity index (χ2v) is 1.81. The first kappa shape index (κ1) is 8.12.